The van der Waals surface area contributed by atoms with Crippen molar-refractivity contribution >= 4 is 28.3 Å². The van der Waals surface area contributed by atoms with Gasteiger partial charge in [-0.15, -0.1) is 0 Å². The van der Waals surface area contributed by atoms with Gasteiger partial charge in [-0.2, -0.15) is 0 Å². The molecule has 3 rings (SSSR count). The fraction of sp³-hybridized carbons (Fsp3) is 0. The van der Waals surface area contributed by atoms with Crippen LogP contribution in [0.15, 0.2) is 42.6 Å². The zero-order valence-electron chi connectivity index (χ0n) is 10.1. The van der Waals surface area contributed by atoms with E-state index in [4.69, 9.17) is 11.6 Å². The number of nitrogens with one attached hydrogen (secondary N) is 1. The normalized spacial score (nSPS) is 10.9. The standard InChI is InChI=1S/C15H8ClF2NO/c16-11-6-12(17)9(5-13(11)18)15(20)10-7-19-14-4-2-1-3-8(10)14/h1-7,19H. The first-order valence-electron chi connectivity index (χ1n) is 5.83. The van der Waals surface area contributed by atoms with Gasteiger partial charge >= 0.3 is 0 Å². The van der Waals surface area contributed by atoms with Gasteiger partial charge in [-0.3, -0.25) is 4.79 Å². The summed E-state index contributed by atoms with van der Waals surface area (Å²) in [6, 6.07) is 8.75. The maximum atomic E-state index is 13.8. The average Bonchev–Trinajstić information content (AvgIpc) is 2.86. The summed E-state index contributed by atoms with van der Waals surface area (Å²) in [6.07, 6.45) is 1.49. The van der Waals surface area contributed by atoms with Crippen molar-refractivity contribution in [3.8, 4) is 0 Å². The van der Waals surface area contributed by atoms with E-state index in [1.165, 1.54) is 6.20 Å². The van der Waals surface area contributed by atoms with Crippen LogP contribution in [0.4, 0.5) is 8.78 Å². The zero-order chi connectivity index (χ0) is 14.3. The molecule has 2 aromatic carbocycles. The minimum Gasteiger partial charge on any atom is -0.360 e. The molecule has 3 aromatic rings. The second-order valence-corrected chi connectivity index (χ2v) is 4.73. The van der Waals surface area contributed by atoms with E-state index in [0.29, 0.717) is 10.9 Å². The van der Waals surface area contributed by atoms with Crippen LogP contribution in [-0.2, 0) is 0 Å². The molecule has 2 nitrogen and oxygen atoms in total. The molecule has 0 atom stereocenters. The lowest BCUT2D eigenvalue weighted by Crippen LogP contribution is -2.04. The van der Waals surface area contributed by atoms with E-state index in [2.05, 4.69) is 4.98 Å². The SMILES string of the molecule is O=C(c1cc(F)c(Cl)cc1F)c1c[nH]c2ccccc12. The maximum absolute atomic E-state index is 13.8. The van der Waals surface area contributed by atoms with Gasteiger partial charge in [0.2, 0.25) is 0 Å². The van der Waals surface area contributed by atoms with Crippen LogP contribution in [0.25, 0.3) is 10.9 Å². The van der Waals surface area contributed by atoms with E-state index in [1.807, 2.05) is 6.07 Å². The molecule has 0 unspecified atom stereocenters. The van der Waals surface area contributed by atoms with Crippen molar-refractivity contribution < 1.29 is 13.6 Å². The Balaban J connectivity index is 2.16. The number of fused-ring (bicyclic) bond motifs is 1. The molecule has 1 heterocycles. The molecular formula is C15H8ClF2NO. The van der Waals surface area contributed by atoms with Crippen LogP contribution in [0, 0.1) is 11.6 Å². The second-order valence-electron chi connectivity index (χ2n) is 4.32. The highest BCUT2D eigenvalue weighted by molar-refractivity contribution is 6.31. The third-order valence-electron chi connectivity index (χ3n) is 3.09. The first-order chi connectivity index (χ1) is 9.58. The van der Waals surface area contributed by atoms with Crippen LogP contribution in [0.3, 0.4) is 0 Å². The van der Waals surface area contributed by atoms with Crippen molar-refractivity contribution in [3.05, 3.63) is 70.4 Å². The smallest absolute Gasteiger partial charge is 0.198 e. The molecule has 5 heteroatoms. The molecule has 20 heavy (non-hydrogen) atoms. The van der Waals surface area contributed by atoms with Gasteiger partial charge in [-0.1, -0.05) is 29.8 Å². The number of hydrogen-bond donors (Lipinski definition) is 1. The van der Waals surface area contributed by atoms with E-state index in [-0.39, 0.29) is 10.6 Å². The molecule has 0 bridgehead atoms. The molecule has 1 N–H and O–H groups in total. The topological polar surface area (TPSA) is 32.9 Å². The molecule has 0 amide bonds. The summed E-state index contributed by atoms with van der Waals surface area (Å²) in [5.74, 6) is -2.25. The summed E-state index contributed by atoms with van der Waals surface area (Å²) < 4.78 is 27.2. The Morgan fingerprint density at radius 2 is 1.80 bits per heavy atom. The van der Waals surface area contributed by atoms with Crippen molar-refractivity contribution in [2.24, 2.45) is 0 Å². The fourth-order valence-electron chi connectivity index (χ4n) is 2.10. The number of benzene rings is 2. The van der Waals surface area contributed by atoms with E-state index in [1.54, 1.807) is 18.2 Å². The fourth-order valence-corrected chi connectivity index (χ4v) is 2.25. The quantitative estimate of drug-likeness (QED) is 0.553. The Kier molecular flexibility index (Phi) is 3.03. The minimum absolute atomic E-state index is 0.293. The molecule has 0 spiro atoms. The van der Waals surface area contributed by atoms with Gasteiger partial charge in [-0.05, 0) is 18.2 Å². The summed E-state index contributed by atoms with van der Waals surface area (Å²) >= 11 is 5.48. The largest absolute Gasteiger partial charge is 0.360 e. The van der Waals surface area contributed by atoms with Crippen LogP contribution in [-0.4, -0.2) is 10.8 Å². The molecule has 0 saturated carbocycles. The van der Waals surface area contributed by atoms with Crippen LogP contribution in [0.5, 0.6) is 0 Å². The average molecular weight is 292 g/mol. The third kappa shape index (κ3) is 1.98. The van der Waals surface area contributed by atoms with Crippen LogP contribution >= 0.6 is 11.6 Å². The number of rotatable bonds is 2. The zero-order valence-corrected chi connectivity index (χ0v) is 10.8. The Morgan fingerprint density at radius 3 is 2.60 bits per heavy atom. The predicted octanol–water partition coefficient (Wildman–Crippen LogP) is 4.33. The van der Waals surface area contributed by atoms with Gasteiger partial charge in [0, 0.05) is 22.7 Å². The van der Waals surface area contributed by atoms with Crippen molar-refractivity contribution in [1.29, 1.82) is 0 Å². The number of aromatic amines is 1. The number of halogens is 3. The highest BCUT2D eigenvalue weighted by Crippen LogP contribution is 2.25. The monoisotopic (exact) mass is 291 g/mol. The molecule has 0 radical (unpaired) electrons. The predicted molar refractivity (Wildman–Crippen MR) is 73.1 cm³/mol. The molecule has 0 aliphatic rings. The lowest BCUT2D eigenvalue weighted by molar-refractivity contribution is 0.103. The lowest BCUT2D eigenvalue weighted by Gasteiger charge is -2.03. The highest BCUT2D eigenvalue weighted by Gasteiger charge is 2.19. The van der Waals surface area contributed by atoms with Gasteiger partial charge in [0.1, 0.15) is 11.6 Å². The number of H-pyrrole nitrogens is 1. The van der Waals surface area contributed by atoms with Gasteiger partial charge in [0.15, 0.2) is 5.78 Å². The number of carbonyl (C=O) groups excluding carboxylic acids is 1. The molecule has 0 aliphatic carbocycles. The van der Waals surface area contributed by atoms with Gasteiger partial charge in [0.05, 0.1) is 10.6 Å². The first kappa shape index (κ1) is 12.8. The number of para-hydroxylation sites is 1. The number of ketones is 1. The van der Waals surface area contributed by atoms with Crippen LogP contribution in [0.1, 0.15) is 15.9 Å². The van der Waals surface area contributed by atoms with Gasteiger partial charge in [0.25, 0.3) is 0 Å². The molecule has 0 fully saturated rings. The van der Waals surface area contributed by atoms with E-state index >= 15 is 0 Å². The van der Waals surface area contributed by atoms with E-state index in [0.717, 1.165) is 17.6 Å². The molecule has 0 aliphatic heterocycles. The van der Waals surface area contributed by atoms with Crippen molar-refractivity contribution in [2.45, 2.75) is 0 Å². The number of carbonyl (C=O) groups is 1. The third-order valence-corrected chi connectivity index (χ3v) is 3.38. The first-order valence-corrected chi connectivity index (χ1v) is 6.21. The molecule has 1 aromatic heterocycles. The number of aromatic nitrogens is 1. The van der Waals surface area contributed by atoms with Crippen LogP contribution in [0.2, 0.25) is 5.02 Å². The highest BCUT2D eigenvalue weighted by atomic mass is 35.5. The minimum atomic E-state index is -0.841. The van der Waals surface area contributed by atoms with E-state index in [9.17, 15) is 13.6 Å². The van der Waals surface area contributed by atoms with E-state index < -0.39 is 17.4 Å². The Bertz CT molecular complexity index is 826. The Labute approximate surface area is 118 Å². The van der Waals surface area contributed by atoms with Gasteiger partial charge < -0.3 is 4.98 Å². The van der Waals surface area contributed by atoms with Crippen molar-refractivity contribution in [3.63, 3.8) is 0 Å². The summed E-state index contributed by atoms with van der Waals surface area (Å²) in [6.45, 7) is 0. The van der Waals surface area contributed by atoms with Crippen molar-refractivity contribution in [1.82, 2.24) is 4.98 Å². The Morgan fingerprint density at radius 1 is 1.05 bits per heavy atom. The summed E-state index contributed by atoms with van der Waals surface area (Å²) in [5, 5.41) is 0.310. The molecule has 100 valence electrons. The van der Waals surface area contributed by atoms with Crippen molar-refractivity contribution in [2.75, 3.05) is 0 Å². The van der Waals surface area contributed by atoms with Gasteiger partial charge in [-0.25, -0.2) is 8.78 Å². The Hall–Kier alpha value is -2.20. The maximum Gasteiger partial charge on any atom is 0.198 e. The number of hydrogen-bond acceptors (Lipinski definition) is 1. The molecule has 0 saturated heterocycles. The summed E-state index contributed by atoms with van der Waals surface area (Å²) in [7, 11) is 0. The second kappa shape index (κ2) is 4.72. The lowest BCUT2D eigenvalue weighted by atomic mass is 10.0. The summed E-state index contributed by atoms with van der Waals surface area (Å²) in [4.78, 5) is 15.3. The molecular weight excluding hydrogens is 284 g/mol. The van der Waals surface area contributed by atoms with Crippen LogP contribution < -0.4 is 0 Å². The summed E-state index contributed by atoms with van der Waals surface area (Å²) in [5.41, 5.74) is 0.712.